The van der Waals surface area contributed by atoms with Crippen molar-refractivity contribution < 1.29 is 34.7 Å². The van der Waals surface area contributed by atoms with Crippen LogP contribution in [-0.2, 0) is 12.8 Å². The van der Waals surface area contributed by atoms with Gasteiger partial charge >= 0.3 is 0 Å². The number of aliphatic hydroxyl groups is 2. The number of methoxy groups -OCH3 is 1. The number of hydrogen-bond acceptors (Lipinski definition) is 8. The van der Waals surface area contributed by atoms with Gasteiger partial charge in [-0.05, 0) is 34.1 Å². The molecule has 0 amide bonds. The monoisotopic (exact) mass is 444 g/mol. The van der Waals surface area contributed by atoms with Crippen LogP contribution in [-0.4, -0.2) is 44.3 Å². The summed E-state index contributed by atoms with van der Waals surface area (Å²) < 4.78 is 11.0. The predicted molar refractivity (Wildman–Crippen MR) is 121 cm³/mol. The summed E-state index contributed by atoms with van der Waals surface area (Å²) in [6.07, 6.45) is 0.488. The third-order valence-corrected chi connectivity index (χ3v) is 5.47. The molecule has 3 rings (SSSR count). The van der Waals surface area contributed by atoms with E-state index in [1.807, 2.05) is 13.8 Å². The highest BCUT2D eigenvalue weighted by Gasteiger charge is 2.30. The van der Waals surface area contributed by atoms with Crippen LogP contribution >= 0.6 is 0 Å². The molecule has 5 N–H and O–H groups in total. The number of benzene rings is 2. The molecule has 1 aromatic heterocycles. The molecule has 1 unspecified atom stereocenters. The quantitative estimate of drug-likeness (QED) is 0.288. The lowest BCUT2D eigenvalue weighted by atomic mass is 9.92. The number of ether oxygens (including phenoxy) is 1. The van der Waals surface area contributed by atoms with E-state index in [4.69, 9.17) is 9.15 Å². The van der Waals surface area contributed by atoms with Gasteiger partial charge in [-0.1, -0.05) is 11.6 Å². The van der Waals surface area contributed by atoms with Crippen LogP contribution in [0.1, 0.15) is 38.8 Å². The van der Waals surface area contributed by atoms with E-state index in [-0.39, 0.29) is 63.2 Å². The summed E-state index contributed by atoms with van der Waals surface area (Å²) in [5, 5.41) is 52.1. The van der Waals surface area contributed by atoms with Gasteiger partial charge in [0.05, 0.1) is 24.2 Å². The van der Waals surface area contributed by atoms with Crippen molar-refractivity contribution >= 4 is 21.9 Å². The topological polar surface area (TPSA) is 141 Å². The number of aromatic hydroxyl groups is 3. The lowest BCUT2D eigenvalue weighted by Crippen LogP contribution is -2.37. The van der Waals surface area contributed by atoms with Crippen LogP contribution < -0.4 is 10.2 Å². The zero-order chi connectivity index (χ0) is 24.0. The number of aliphatic hydroxyl groups excluding tert-OH is 1. The Morgan fingerprint density at radius 1 is 1.09 bits per heavy atom. The Morgan fingerprint density at radius 2 is 1.69 bits per heavy atom. The lowest BCUT2D eigenvalue weighted by Gasteiger charge is -2.25. The minimum Gasteiger partial charge on any atom is -0.507 e. The minimum absolute atomic E-state index is 0.00963. The third-order valence-electron chi connectivity index (χ3n) is 5.47. The molecule has 1 atom stereocenters. The first kappa shape index (κ1) is 23.4. The highest BCUT2D eigenvalue weighted by atomic mass is 16.5. The number of phenols is 3. The van der Waals surface area contributed by atoms with E-state index in [0.717, 1.165) is 5.57 Å². The third kappa shape index (κ3) is 4.11. The van der Waals surface area contributed by atoms with Gasteiger partial charge in [0, 0.05) is 29.7 Å². The van der Waals surface area contributed by atoms with Gasteiger partial charge in [0.2, 0.25) is 5.43 Å². The first-order chi connectivity index (χ1) is 14.9. The van der Waals surface area contributed by atoms with Crippen molar-refractivity contribution in [1.82, 2.24) is 0 Å². The van der Waals surface area contributed by atoms with E-state index in [2.05, 4.69) is 0 Å². The standard InChI is InChI=1S/C24H28O8/c1-11(2)6-7-12-14(25)9-17-20(21(12)28)22(29)19-13(8-18(27)24(3,4)30)23(31-5)15(26)10-16(19)32-17/h6,9-10,18,25-28,30H,7-8H2,1-5H3. The Morgan fingerprint density at radius 3 is 2.25 bits per heavy atom. The molecule has 0 radical (unpaired) electrons. The average Bonchev–Trinajstić information content (AvgIpc) is 2.66. The molecule has 0 saturated heterocycles. The second-order valence-electron chi connectivity index (χ2n) is 8.67. The molecule has 32 heavy (non-hydrogen) atoms. The van der Waals surface area contributed by atoms with Crippen molar-refractivity contribution in [3.63, 3.8) is 0 Å². The molecule has 172 valence electrons. The molecule has 0 bridgehead atoms. The summed E-state index contributed by atoms with van der Waals surface area (Å²) in [5.41, 5.74) is -0.913. The average molecular weight is 444 g/mol. The molecule has 2 aromatic carbocycles. The van der Waals surface area contributed by atoms with Crippen molar-refractivity contribution in [2.75, 3.05) is 7.11 Å². The van der Waals surface area contributed by atoms with E-state index in [9.17, 15) is 30.3 Å². The van der Waals surface area contributed by atoms with Crippen LogP contribution in [0.2, 0.25) is 0 Å². The Balaban J connectivity index is 2.42. The van der Waals surface area contributed by atoms with Gasteiger partial charge in [0.25, 0.3) is 0 Å². The van der Waals surface area contributed by atoms with Crippen molar-refractivity contribution in [1.29, 1.82) is 0 Å². The van der Waals surface area contributed by atoms with Crippen LogP contribution in [0.4, 0.5) is 0 Å². The van der Waals surface area contributed by atoms with Crippen LogP contribution in [0.3, 0.4) is 0 Å². The van der Waals surface area contributed by atoms with Gasteiger partial charge in [-0.3, -0.25) is 4.79 Å². The van der Waals surface area contributed by atoms with Gasteiger partial charge in [-0.25, -0.2) is 0 Å². The Bertz CT molecular complexity index is 1270. The normalized spacial score (nSPS) is 12.8. The van der Waals surface area contributed by atoms with Crippen LogP contribution in [0.15, 0.2) is 33.0 Å². The molecule has 8 heteroatoms. The number of fused-ring (bicyclic) bond motifs is 2. The van der Waals surface area contributed by atoms with Crippen LogP contribution in [0.25, 0.3) is 21.9 Å². The molecular weight excluding hydrogens is 416 g/mol. The molecule has 0 spiro atoms. The number of hydrogen-bond donors (Lipinski definition) is 5. The maximum atomic E-state index is 13.5. The van der Waals surface area contributed by atoms with Gasteiger partial charge in [-0.15, -0.1) is 0 Å². The number of allylic oxidation sites excluding steroid dienone is 2. The summed E-state index contributed by atoms with van der Waals surface area (Å²) in [5.74, 6) is -1.01. The smallest absolute Gasteiger partial charge is 0.204 e. The highest BCUT2D eigenvalue weighted by Crippen LogP contribution is 2.41. The number of rotatable bonds is 6. The molecule has 1 heterocycles. The van der Waals surface area contributed by atoms with E-state index in [0.29, 0.717) is 0 Å². The zero-order valence-electron chi connectivity index (χ0n) is 18.7. The van der Waals surface area contributed by atoms with E-state index >= 15 is 0 Å². The fraction of sp³-hybridized carbons (Fsp3) is 0.375. The molecule has 0 aliphatic heterocycles. The highest BCUT2D eigenvalue weighted by molar-refractivity contribution is 5.97. The molecule has 3 aromatic rings. The molecule has 0 aliphatic rings. The minimum atomic E-state index is -1.49. The van der Waals surface area contributed by atoms with Gasteiger partial charge in [-0.2, -0.15) is 0 Å². The van der Waals surface area contributed by atoms with E-state index in [1.54, 1.807) is 6.08 Å². The fourth-order valence-electron chi connectivity index (χ4n) is 3.60. The zero-order valence-corrected chi connectivity index (χ0v) is 18.7. The van der Waals surface area contributed by atoms with Gasteiger partial charge in [0.1, 0.15) is 28.1 Å². The summed E-state index contributed by atoms with van der Waals surface area (Å²) in [4.78, 5) is 13.5. The van der Waals surface area contributed by atoms with Crippen LogP contribution in [0, 0.1) is 0 Å². The summed E-state index contributed by atoms with van der Waals surface area (Å²) in [7, 11) is 1.30. The van der Waals surface area contributed by atoms with E-state index in [1.165, 1.54) is 33.1 Å². The maximum Gasteiger partial charge on any atom is 0.204 e. The fourth-order valence-corrected chi connectivity index (χ4v) is 3.60. The molecule has 0 aliphatic carbocycles. The first-order valence-electron chi connectivity index (χ1n) is 10.1. The Labute approximate surface area is 184 Å². The van der Waals surface area contributed by atoms with Crippen LogP contribution in [0.5, 0.6) is 23.0 Å². The largest absolute Gasteiger partial charge is 0.507 e. The van der Waals surface area contributed by atoms with Crippen molar-refractivity contribution in [3.05, 3.63) is 45.1 Å². The summed E-state index contributed by atoms with van der Waals surface area (Å²) in [6, 6.07) is 2.44. The van der Waals surface area contributed by atoms with E-state index < -0.39 is 22.9 Å². The molecular formula is C24H28O8. The van der Waals surface area contributed by atoms with Crippen molar-refractivity contribution in [2.24, 2.45) is 0 Å². The molecule has 8 nitrogen and oxygen atoms in total. The SMILES string of the molecule is COc1c(O)cc2oc3cc(O)c(CC=C(C)C)c(O)c3c(=O)c2c1CC(O)C(C)(C)O. The second-order valence-corrected chi connectivity index (χ2v) is 8.67. The molecule has 0 fully saturated rings. The second kappa shape index (κ2) is 8.37. The number of phenolic OH excluding ortho intramolecular Hbond substituents is 3. The van der Waals surface area contributed by atoms with Gasteiger partial charge in [0.15, 0.2) is 11.5 Å². The summed E-state index contributed by atoms with van der Waals surface area (Å²) in [6.45, 7) is 6.57. The predicted octanol–water partition coefficient (Wildman–Crippen LogP) is 3.25. The lowest BCUT2D eigenvalue weighted by molar-refractivity contribution is -0.0470. The maximum absolute atomic E-state index is 13.5. The summed E-state index contributed by atoms with van der Waals surface area (Å²) >= 11 is 0. The Kier molecular flexibility index (Phi) is 6.13. The Hall–Kier alpha value is -3.23. The molecule has 0 saturated carbocycles. The van der Waals surface area contributed by atoms with Crippen molar-refractivity contribution in [3.8, 4) is 23.0 Å². The van der Waals surface area contributed by atoms with Gasteiger partial charge < -0.3 is 34.7 Å². The first-order valence-corrected chi connectivity index (χ1v) is 10.1. The van der Waals surface area contributed by atoms with Crippen molar-refractivity contribution in [2.45, 2.75) is 52.2 Å².